The number of carbonyl (C=O) groups excluding carboxylic acids is 2. The normalized spacial score (nSPS) is 44.0. The Kier molecular flexibility index (Phi) is 6.15. The van der Waals surface area contributed by atoms with Crippen LogP contribution in [0.4, 0.5) is 0 Å². The third kappa shape index (κ3) is 3.81. The lowest BCUT2D eigenvalue weighted by Crippen LogP contribution is -2.54. The molecule has 4 fully saturated rings. The minimum absolute atomic E-state index is 0.0385. The molecule has 4 aliphatic carbocycles. The zero-order valence-electron chi connectivity index (χ0n) is 19.0. The van der Waals surface area contributed by atoms with Crippen molar-refractivity contribution in [2.75, 3.05) is 0 Å². The van der Waals surface area contributed by atoms with Gasteiger partial charge in [-0.3, -0.25) is 9.59 Å². The molecule has 0 radical (unpaired) electrons. The van der Waals surface area contributed by atoms with Crippen LogP contribution in [-0.4, -0.2) is 17.9 Å². The summed E-state index contributed by atoms with van der Waals surface area (Å²) in [5, 5.41) is 0. The van der Waals surface area contributed by atoms with Crippen molar-refractivity contribution < 1.29 is 14.3 Å². The molecule has 4 rings (SSSR count). The first-order valence-corrected chi connectivity index (χ1v) is 12.6. The lowest BCUT2D eigenvalue weighted by molar-refractivity contribution is -0.164. The summed E-state index contributed by atoms with van der Waals surface area (Å²) < 4.78 is 6.11. The molecule has 0 aromatic carbocycles. The van der Waals surface area contributed by atoms with Gasteiger partial charge in [-0.25, -0.2) is 0 Å². The highest BCUT2D eigenvalue weighted by Gasteiger charge is 2.61. The molecule has 4 saturated carbocycles. The fourth-order valence-corrected chi connectivity index (χ4v) is 8.10. The topological polar surface area (TPSA) is 43.4 Å². The average molecular weight is 403 g/mol. The van der Waals surface area contributed by atoms with Crippen molar-refractivity contribution in [3.8, 4) is 0 Å². The number of Topliss-reactive ketones (excluding diaryl/α,β-unsaturated/α-hetero) is 1. The Morgan fingerprint density at radius 3 is 2.55 bits per heavy atom. The van der Waals surface area contributed by atoms with Crippen molar-refractivity contribution in [2.45, 2.75) is 117 Å². The number of fused-ring (bicyclic) bond motifs is 5. The predicted octanol–water partition coefficient (Wildman–Crippen LogP) is 6.48. The molecule has 0 aliphatic heterocycles. The van der Waals surface area contributed by atoms with Crippen LogP contribution < -0.4 is 0 Å². The van der Waals surface area contributed by atoms with E-state index < -0.39 is 0 Å². The summed E-state index contributed by atoms with van der Waals surface area (Å²) in [6, 6.07) is 0. The predicted molar refractivity (Wildman–Crippen MR) is 115 cm³/mol. The maximum absolute atomic E-state index is 12.5. The van der Waals surface area contributed by atoms with Crippen molar-refractivity contribution in [3.63, 3.8) is 0 Å². The molecular weight excluding hydrogens is 360 g/mol. The molecule has 0 amide bonds. The zero-order valence-corrected chi connectivity index (χ0v) is 19.0. The Hall–Kier alpha value is -0.860. The van der Waals surface area contributed by atoms with Gasteiger partial charge < -0.3 is 4.74 Å². The van der Waals surface area contributed by atoms with Gasteiger partial charge in [-0.2, -0.15) is 0 Å². The molecule has 0 spiro atoms. The van der Waals surface area contributed by atoms with E-state index in [2.05, 4.69) is 20.8 Å². The van der Waals surface area contributed by atoms with E-state index in [1.807, 2.05) is 0 Å². The van der Waals surface area contributed by atoms with E-state index in [9.17, 15) is 9.59 Å². The van der Waals surface area contributed by atoms with Gasteiger partial charge in [-0.05, 0) is 80.5 Å². The molecule has 7 atom stereocenters. The summed E-state index contributed by atoms with van der Waals surface area (Å²) in [4.78, 5) is 24.5. The first-order chi connectivity index (χ1) is 13.9. The summed E-state index contributed by atoms with van der Waals surface area (Å²) in [6.45, 7) is 7.13. The highest BCUT2D eigenvalue weighted by atomic mass is 16.5. The van der Waals surface area contributed by atoms with Gasteiger partial charge in [-0.15, -0.1) is 0 Å². The number of hydrogen-bond acceptors (Lipinski definition) is 3. The van der Waals surface area contributed by atoms with Crippen LogP contribution in [0, 0.1) is 34.5 Å². The van der Waals surface area contributed by atoms with Crippen LogP contribution in [0.1, 0.15) is 111 Å². The van der Waals surface area contributed by atoms with Crippen LogP contribution >= 0.6 is 0 Å². The second-order valence-corrected chi connectivity index (χ2v) is 11.3. The van der Waals surface area contributed by atoms with E-state index in [0.717, 1.165) is 50.4 Å². The molecule has 0 saturated heterocycles. The van der Waals surface area contributed by atoms with E-state index >= 15 is 0 Å². The molecule has 0 aromatic rings. The number of hydrogen-bond donors (Lipinski definition) is 0. The van der Waals surface area contributed by atoms with Crippen LogP contribution in [-0.2, 0) is 14.3 Å². The average Bonchev–Trinajstić information content (AvgIpc) is 3.02. The minimum atomic E-state index is 0.0385. The molecule has 29 heavy (non-hydrogen) atoms. The van der Waals surface area contributed by atoms with E-state index in [0.29, 0.717) is 29.5 Å². The van der Waals surface area contributed by atoms with Gasteiger partial charge >= 0.3 is 5.97 Å². The van der Waals surface area contributed by atoms with Gasteiger partial charge in [0.15, 0.2) is 0 Å². The molecule has 0 N–H and O–H groups in total. The maximum Gasteiger partial charge on any atom is 0.306 e. The van der Waals surface area contributed by atoms with Crippen LogP contribution in [0.25, 0.3) is 0 Å². The van der Waals surface area contributed by atoms with E-state index in [-0.39, 0.29) is 17.5 Å². The van der Waals surface area contributed by atoms with Crippen LogP contribution in [0.15, 0.2) is 0 Å². The first-order valence-electron chi connectivity index (χ1n) is 12.6. The molecule has 3 nitrogen and oxygen atoms in total. The fraction of sp³-hybridized carbons (Fsp3) is 0.923. The summed E-state index contributed by atoms with van der Waals surface area (Å²) in [6.07, 6.45) is 15.3. The smallest absolute Gasteiger partial charge is 0.306 e. The monoisotopic (exact) mass is 402 g/mol. The Bertz CT molecular complexity index is 627. The second kappa shape index (κ2) is 8.35. The standard InChI is InChI=1S/C26H42O3/c1-4-5-6-7-8-24(28)29-23-12-11-21-20-10-9-18-17-19(27)13-15-25(18,2)22(20)14-16-26(21,23)3/h18,20-23H,4-17H2,1-3H3/t18?,20-,21-,22-,23?,25-,26-/m0/s1. The first kappa shape index (κ1) is 21.4. The number of ether oxygens (including phenoxy) is 1. The van der Waals surface area contributed by atoms with Gasteiger partial charge in [-0.1, -0.05) is 40.0 Å². The van der Waals surface area contributed by atoms with Crippen LogP contribution in [0.5, 0.6) is 0 Å². The number of esters is 1. The van der Waals surface area contributed by atoms with Crippen LogP contribution in [0.3, 0.4) is 0 Å². The molecule has 0 heterocycles. The van der Waals surface area contributed by atoms with Crippen molar-refractivity contribution in [3.05, 3.63) is 0 Å². The van der Waals surface area contributed by atoms with Gasteiger partial charge in [0.1, 0.15) is 11.9 Å². The van der Waals surface area contributed by atoms with Gasteiger partial charge in [0.25, 0.3) is 0 Å². The summed E-state index contributed by atoms with van der Waals surface area (Å²) in [5.74, 6) is 3.41. The highest BCUT2D eigenvalue weighted by Crippen LogP contribution is 2.66. The lowest BCUT2D eigenvalue weighted by Gasteiger charge is -2.60. The molecule has 3 heteroatoms. The third-order valence-electron chi connectivity index (χ3n) is 9.90. The van der Waals surface area contributed by atoms with Gasteiger partial charge in [0.2, 0.25) is 0 Å². The Labute approximate surface area is 177 Å². The zero-order chi connectivity index (χ0) is 20.6. The molecular formula is C26H42O3. The van der Waals surface area contributed by atoms with Crippen molar-refractivity contribution in [1.29, 1.82) is 0 Å². The minimum Gasteiger partial charge on any atom is -0.462 e. The fourth-order valence-electron chi connectivity index (χ4n) is 8.10. The van der Waals surface area contributed by atoms with E-state index in [1.54, 1.807) is 0 Å². The maximum atomic E-state index is 12.5. The Balaban J connectivity index is 1.41. The molecule has 2 unspecified atom stereocenters. The number of rotatable bonds is 6. The number of ketones is 1. The number of unbranched alkanes of at least 4 members (excludes halogenated alkanes) is 3. The Morgan fingerprint density at radius 2 is 1.76 bits per heavy atom. The largest absolute Gasteiger partial charge is 0.462 e. The van der Waals surface area contributed by atoms with Gasteiger partial charge in [0.05, 0.1) is 0 Å². The second-order valence-electron chi connectivity index (χ2n) is 11.3. The Morgan fingerprint density at radius 1 is 0.966 bits per heavy atom. The quantitative estimate of drug-likeness (QED) is 0.377. The summed E-state index contributed by atoms with van der Waals surface area (Å²) in [5.41, 5.74) is 0.542. The van der Waals surface area contributed by atoms with Crippen molar-refractivity contribution in [1.82, 2.24) is 0 Å². The van der Waals surface area contributed by atoms with E-state index in [4.69, 9.17) is 4.74 Å². The molecule has 0 bridgehead atoms. The lowest BCUT2D eigenvalue weighted by atomic mass is 9.45. The van der Waals surface area contributed by atoms with Crippen molar-refractivity contribution in [2.24, 2.45) is 34.5 Å². The van der Waals surface area contributed by atoms with Crippen molar-refractivity contribution >= 4 is 11.8 Å². The molecule has 4 aliphatic rings. The van der Waals surface area contributed by atoms with Gasteiger partial charge in [0, 0.05) is 24.7 Å². The SMILES string of the molecule is CCCCCCC(=O)OC1CC[C@H]2[C@@H]3CCC4CC(=O)CC[C@]4(C)[C@H]3CC[C@]12C. The molecule has 164 valence electrons. The van der Waals surface area contributed by atoms with Crippen LogP contribution in [0.2, 0.25) is 0 Å². The molecule has 0 aromatic heterocycles. The number of carbonyl (C=O) groups is 2. The summed E-state index contributed by atoms with van der Waals surface area (Å²) >= 11 is 0. The highest BCUT2D eigenvalue weighted by molar-refractivity contribution is 5.79. The third-order valence-corrected chi connectivity index (χ3v) is 9.90. The van der Waals surface area contributed by atoms with E-state index in [1.165, 1.54) is 44.9 Å². The summed E-state index contributed by atoms with van der Waals surface area (Å²) in [7, 11) is 0.